The zero-order valence-electron chi connectivity index (χ0n) is 12.9. The molecule has 0 atom stereocenters. The van der Waals surface area contributed by atoms with Crippen molar-refractivity contribution in [3.8, 4) is 23.7 Å². The number of aromatic nitrogens is 4. The van der Waals surface area contributed by atoms with Gasteiger partial charge in [0, 0.05) is 11.1 Å². The van der Waals surface area contributed by atoms with Gasteiger partial charge < -0.3 is 21.4 Å². The van der Waals surface area contributed by atoms with E-state index in [0.717, 1.165) is 34.2 Å². The zero-order valence-corrected chi connectivity index (χ0v) is 12.9. The fourth-order valence-electron chi connectivity index (χ4n) is 1.98. The molecule has 24 heavy (non-hydrogen) atoms. The molecule has 0 amide bonds. The van der Waals surface area contributed by atoms with Crippen molar-refractivity contribution in [1.29, 1.82) is 0 Å². The van der Waals surface area contributed by atoms with E-state index in [4.69, 9.17) is 11.5 Å². The number of benzene rings is 1. The highest BCUT2D eigenvalue weighted by Gasteiger charge is 1.96. The maximum atomic E-state index is 5.50. The molecule has 6 N–H and O–H groups in total. The monoisotopic (exact) mass is 316 g/mol. The summed E-state index contributed by atoms with van der Waals surface area (Å²) in [7, 11) is 0. The van der Waals surface area contributed by atoms with Crippen molar-refractivity contribution < 1.29 is 0 Å². The molecule has 118 valence electrons. The van der Waals surface area contributed by atoms with Gasteiger partial charge in [-0.3, -0.25) is 0 Å². The molecule has 0 bridgehead atoms. The molecule has 0 saturated carbocycles. The number of rotatable bonds is 2. The Bertz CT molecular complexity index is 862. The molecule has 3 aromatic rings. The van der Waals surface area contributed by atoms with Crippen molar-refractivity contribution in [3.05, 3.63) is 70.8 Å². The van der Waals surface area contributed by atoms with Gasteiger partial charge in [-0.25, -0.2) is 9.97 Å². The van der Waals surface area contributed by atoms with Crippen LogP contribution >= 0.6 is 0 Å². The first-order valence-corrected chi connectivity index (χ1v) is 7.39. The number of imidazole rings is 2. The number of nitrogens with two attached hydrogens (primary N) is 2. The lowest BCUT2D eigenvalue weighted by Crippen LogP contribution is -1.97. The van der Waals surface area contributed by atoms with E-state index in [9.17, 15) is 0 Å². The summed E-state index contributed by atoms with van der Waals surface area (Å²) in [5, 5.41) is 0. The Morgan fingerprint density at radius 2 is 1.12 bits per heavy atom. The standard InChI is InChI=1S/C18H16N6/c19-9-17-21-11-15(23-17)7-5-13-1-2-14(4-3-13)6-8-16-12-22-18(10-20)24-16/h1-4,11-12H,9-10,19-20H2,(H,21,23)(H,22,24). The molecule has 2 aromatic heterocycles. The summed E-state index contributed by atoms with van der Waals surface area (Å²) < 4.78 is 0. The summed E-state index contributed by atoms with van der Waals surface area (Å²) in [6.07, 6.45) is 3.35. The van der Waals surface area contributed by atoms with E-state index in [2.05, 4.69) is 43.6 Å². The molecule has 0 fully saturated rings. The van der Waals surface area contributed by atoms with Crippen molar-refractivity contribution in [3.63, 3.8) is 0 Å². The molecule has 6 heteroatoms. The van der Waals surface area contributed by atoms with E-state index in [0.29, 0.717) is 13.1 Å². The topological polar surface area (TPSA) is 109 Å². The summed E-state index contributed by atoms with van der Waals surface area (Å²) in [6, 6.07) is 7.70. The minimum absolute atomic E-state index is 0.373. The fraction of sp³-hybridized carbons (Fsp3) is 0.111. The van der Waals surface area contributed by atoms with E-state index >= 15 is 0 Å². The molecular formula is C18H16N6. The average molecular weight is 316 g/mol. The first kappa shape index (κ1) is 15.6. The third-order valence-electron chi connectivity index (χ3n) is 3.21. The Labute approximate surface area is 139 Å². The smallest absolute Gasteiger partial charge is 0.120 e. The lowest BCUT2D eigenvalue weighted by Gasteiger charge is -1.91. The first-order chi connectivity index (χ1) is 11.8. The number of H-pyrrole nitrogens is 2. The molecule has 0 aliphatic rings. The number of nitrogens with zero attached hydrogens (tertiary/aromatic N) is 2. The zero-order chi connectivity index (χ0) is 16.8. The van der Waals surface area contributed by atoms with Gasteiger partial charge >= 0.3 is 0 Å². The molecule has 0 saturated heterocycles. The molecular weight excluding hydrogens is 300 g/mol. The highest BCUT2D eigenvalue weighted by molar-refractivity contribution is 5.45. The van der Waals surface area contributed by atoms with Gasteiger partial charge in [0.05, 0.1) is 25.5 Å². The summed E-state index contributed by atoms with van der Waals surface area (Å²) in [5.74, 6) is 13.6. The molecule has 0 unspecified atom stereocenters. The lowest BCUT2D eigenvalue weighted by atomic mass is 10.1. The Morgan fingerprint density at radius 3 is 1.46 bits per heavy atom. The van der Waals surface area contributed by atoms with Crippen LogP contribution in [0.1, 0.15) is 34.2 Å². The van der Waals surface area contributed by atoms with Gasteiger partial charge in [-0.15, -0.1) is 0 Å². The fourth-order valence-corrected chi connectivity index (χ4v) is 1.98. The average Bonchev–Trinajstić information content (AvgIpc) is 3.28. The predicted molar refractivity (Wildman–Crippen MR) is 91.4 cm³/mol. The van der Waals surface area contributed by atoms with Crippen molar-refractivity contribution in [2.45, 2.75) is 13.1 Å². The van der Waals surface area contributed by atoms with Crippen LogP contribution in [0.4, 0.5) is 0 Å². The van der Waals surface area contributed by atoms with Crippen LogP contribution in [0, 0.1) is 23.7 Å². The Kier molecular flexibility index (Phi) is 4.73. The largest absolute Gasteiger partial charge is 0.334 e. The van der Waals surface area contributed by atoms with Crippen molar-refractivity contribution >= 4 is 0 Å². The maximum Gasteiger partial charge on any atom is 0.120 e. The Morgan fingerprint density at radius 1 is 0.708 bits per heavy atom. The second kappa shape index (κ2) is 7.30. The third-order valence-corrected chi connectivity index (χ3v) is 3.21. The van der Waals surface area contributed by atoms with Crippen LogP contribution in [0.2, 0.25) is 0 Å². The molecule has 6 nitrogen and oxygen atoms in total. The van der Waals surface area contributed by atoms with Crippen molar-refractivity contribution in [2.75, 3.05) is 0 Å². The molecule has 0 aliphatic heterocycles. The van der Waals surface area contributed by atoms with Crippen LogP contribution in [0.15, 0.2) is 36.7 Å². The maximum absolute atomic E-state index is 5.50. The third kappa shape index (κ3) is 3.90. The van der Waals surface area contributed by atoms with Crippen LogP contribution < -0.4 is 11.5 Å². The molecule has 2 heterocycles. The van der Waals surface area contributed by atoms with Gasteiger partial charge in [0.2, 0.25) is 0 Å². The SMILES string of the molecule is NCc1ncc(C#Cc2ccc(C#Cc3cnc(CN)[nH]3)cc2)[nH]1. The van der Waals surface area contributed by atoms with Crippen molar-refractivity contribution in [2.24, 2.45) is 11.5 Å². The number of nitrogens with one attached hydrogen (secondary N) is 2. The van der Waals surface area contributed by atoms with Crippen LogP contribution in [0.3, 0.4) is 0 Å². The predicted octanol–water partition coefficient (Wildman–Crippen LogP) is 0.850. The number of hydrogen-bond acceptors (Lipinski definition) is 4. The molecule has 1 aromatic carbocycles. The normalized spacial score (nSPS) is 9.75. The summed E-state index contributed by atoms with van der Waals surface area (Å²) in [6.45, 7) is 0.746. The number of aromatic amines is 2. The molecule has 3 rings (SSSR count). The van der Waals surface area contributed by atoms with Gasteiger partial charge in [0.1, 0.15) is 23.0 Å². The van der Waals surface area contributed by atoms with Gasteiger partial charge in [0.15, 0.2) is 0 Å². The van der Waals surface area contributed by atoms with Crippen LogP contribution in [0.5, 0.6) is 0 Å². The molecule has 0 aliphatic carbocycles. The molecule has 0 spiro atoms. The summed E-state index contributed by atoms with van der Waals surface area (Å²) in [5.41, 5.74) is 14.3. The first-order valence-electron chi connectivity index (χ1n) is 7.39. The Hall–Kier alpha value is -3.32. The van der Waals surface area contributed by atoms with Crippen molar-refractivity contribution in [1.82, 2.24) is 19.9 Å². The van der Waals surface area contributed by atoms with E-state index < -0.39 is 0 Å². The quantitative estimate of drug-likeness (QED) is 0.525. The number of hydrogen-bond donors (Lipinski definition) is 4. The molecule has 0 radical (unpaired) electrons. The second-order valence-corrected chi connectivity index (χ2v) is 4.97. The highest BCUT2D eigenvalue weighted by Crippen LogP contribution is 2.03. The lowest BCUT2D eigenvalue weighted by molar-refractivity contribution is 0.948. The highest BCUT2D eigenvalue weighted by atomic mass is 14.9. The van der Waals surface area contributed by atoms with Gasteiger partial charge in [-0.1, -0.05) is 11.8 Å². The van der Waals surface area contributed by atoms with E-state index in [1.807, 2.05) is 24.3 Å². The second-order valence-electron chi connectivity index (χ2n) is 4.97. The van der Waals surface area contributed by atoms with Gasteiger partial charge in [-0.05, 0) is 36.1 Å². The summed E-state index contributed by atoms with van der Waals surface area (Å²) >= 11 is 0. The van der Waals surface area contributed by atoms with Gasteiger partial charge in [-0.2, -0.15) is 0 Å². The van der Waals surface area contributed by atoms with Crippen LogP contribution in [-0.4, -0.2) is 19.9 Å². The van der Waals surface area contributed by atoms with Crippen LogP contribution in [0.25, 0.3) is 0 Å². The van der Waals surface area contributed by atoms with Gasteiger partial charge in [0.25, 0.3) is 0 Å². The van der Waals surface area contributed by atoms with E-state index in [1.165, 1.54) is 0 Å². The van der Waals surface area contributed by atoms with E-state index in [1.54, 1.807) is 12.4 Å². The van der Waals surface area contributed by atoms with Crippen LogP contribution in [-0.2, 0) is 13.1 Å². The Balaban J connectivity index is 1.70. The minimum atomic E-state index is 0.373. The summed E-state index contributed by atoms with van der Waals surface area (Å²) in [4.78, 5) is 14.3. The van der Waals surface area contributed by atoms with E-state index in [-0.39, 0.29) is 0 Å². The minimum Gasteiger partial charge on any atom is -0.334 e.